The predicted octanol–water partition coefficient (Wildman–Crippen LogP) is 4.07. The number of fused-ring (bicyclic) bond motifs is 2. The highest BCUT2D eigenvalue weighted by Gasteiger charge is 2.34. The molecule has 0 aliphatic carbocycles. The van der Waals surface area contributed by atoms with E-state index in [4.69, 9.17) is 14.5 Å². The van der Waals surface area contributed by atoms with Crippen molar-refractivity contribution in [2.75, 3.05) is 32.9 Å². The number of rotatable bonds is 5. The largest absolute Gasteiger partial charge is 0.493 e. The molecule has 0 amide bonds. The summed E-state index contributed by atoms with van der Waals surface area (Å²) in [5.74, 6) is 1.39. The van der Waals surface area contributed by atoms with E-state index < -0.39 is 0 Å². The van der Waals surface area contributed by atoms with Crippen LogP contribution in [0.4, 0.5) is 0 Å². The van der Waals surface area contributed by atoms with E-state index >= 15 is 0 Å². The van der Waals surface area contributed by atoms with Crippen LogP contribution in [-0.2, 0) is 4.74 Å². The second-order valence-corrected chi connectivity index (χ2v) is 9.16. The van der Waals surface area contributed by atoms with Gasteiger partial charge < -0.3 is 14.8 Å². The highest BCUT2D eigenvalue weighted by Crippen LogP contribution is 2.31. The lowest BCUT2D eigenvalue weighted by molar-refractivity contribution is -0.120. The van der Waals surface area contributed by atoms with E-state index in [0.29, 0.717) is 12.5 Å². The van der Waals surface area contributed by atoms with Crippen LogP contribution in [0.1, 0.15) is 24.8 Å². The van der Waals surface area contributed by atoms with Gasteiger partial charge in [-0.1, -0.05) is 25.1 Å². The predicted molar refractivity (Wildman–Crippen MR) is 121 cm³/mol. The fourth-order valence-electron chi connectivity index (χ4n) is 4.63. The molecule has 6 rings (SSSR count). The van der Waals surface area contributed by atoms with Gasteiger partial charge in [0.2, 0.25) is 0 Å². The molecule has 2 aliphatic rings. The number of nitrogens with zero attached hydrogens (tertiary/aromatic N) is 3. The molecule has 2 aromatic carbocycles. The molecule has 2 aromatic heterocycles. The summed E-state index contributed by atoms with van der Waals surface area (Å²) in [4.78, 5) is 9.48. The van der Waals surface area contributed by atoms with Gasteiger partial charge in [0.1, 0.15) is 12.1 Å². The van der Waals surface area contributed by atoms with E-state index in [-0.39, 0.29) is 5.41 Å². The molecule has 2 fully saturated rings. The highest BCUT2D eigenvalue weighted by atomic mass is 16.5. The number of ether oxygens (including phenoxy) is 2. The van der Waals surface area contributed by atoms with Gasteiger partial charge in [0.05, 0.1) is 48.3 Å². The van der Waals surface area contributed by atoms with Crippen LogP contribution in [0.2, 0.25) is 0 Å². The molecule has 158 valence electrons. The van der Waals surface area contributed by atoms with Crippen molar-refractivity contribution in [3.05, 3.63) is 60.6 Å². The molecule has 1 atom stereocenters. The van der Waals surface area contributed by atoms with Crippen LogP contribution in [-0.4, -0.2) is 47.4 Å². The van der Waals surface area contributed by atoms with Crippen LogP contribution >= 0.6 is 0 Å². The summed E-state index contributed by atoms with van der Waals surface area (Å²) < 4.78 is 13.4. The first kappa shape index (κ1) is 18.8. The maximum absolute atomic E-state index is 6.01. The average Bonchev–Trinajstić information content (AvgIpc) is 3.45. The van der Waals surface area contributed by atoms with Crippen LogP contribution in [0.25, 0.3) is 27.6 Å². The molecule has 2 aliphatic heterocycles. The van der Waals surface area contributed by atoms with Crippen molar-refractivity contribution in [3.8, 4) is 11.4 Å². The lowest BCUT2D eigenvalue weighted by Crippen LogP contribution is -2.44. The van der Waals surface area contributed by atoms with Gasteiger partial charge in [0.25, 0.3) is 0 Å². The lowest BCUT2D eigenvalue weighted by atomic mass is 9.90. The SMILES string of the molecule is CC1(COc2ccc3c(c2)ncn3-c2cnc3c(C4CCNC4)cccc3c2)COC1. The van der Waals surface area contributed by atoms with E-state index in [1.165, 1.54) is 17.4 Å². The molecule has 31 heavy (non-hydrogen) atoms. The summed E-state index contributed by atoms with van der Waals surface area (Å²) in [5.41, 5.74) is 5.55. The number of pyridine rings is 1. The first-order valence-corrected chi connectivity index (χ1v) is 11.0. The van der Waals surface area contributed by atoms with Gasteiger partial charge in [-0.05, 0) is 42.6 Å². The molecule has 2 saturated heterocycles. The first-order valence-electron chi connectivity index (χ1n) is 11.0. The smallest absolute Gasteiger partial charge is 0.121 e. The summed E-state index contributed by atoms with van der Waals surface area (Å²) in [6, 6.07) is 14.8. The van der Waals surface area contributed by atoms with Crippen LogP contribution in [0.3, 0.4) is 0 Å². The molecule has 4 heterocycles. The number of hydrogen-bond donors (Lipinski definition) is 1. The molecular formula is C25H26N4O2. The van der Waals surface area contributed by atoms with Crippen LogP contribution < -0.4 is 10.1 Å². The summed E-state index contributed by atoms with van der Waals surface area (Å²) in [6.07, 6.45) is 4.99. The minimum Gasteiger partial charge on any atom is -0.493 e. The Morgan fingerprint density at radius 2 is 2.13 bits per heavy atom. The third-order valence-corrected chi connectivity index (χ3v) is 6.51. The Balaban J connectivity index is 1.31. The molecule has 1 N–H and O–H groups in total. The Morgan fingerprint density at radius 1 is 1.19 bits per heavy atom. The Morgan fingerprint density at radius 3 is 2.94 bits per heavy atom. The number of imidazole rings is 1. The number of benzene rings is 2. The Bertz CT molecular complexity index is 1260. The second kappa shape index (κ2) is 7.32. The minimum absolute atomic E-state index is 0.124. The van der Waals surface area contributed by atoms with E-state index in [1.54, 1.807) is 0 Å². The standard InChI is InChI=1S/C25H26N4O2/c1-25(13-30-14-25)15-31-20-5-6-23-22(10-20)28-16-29(23)19-9-17-3-2-4-21(24(17)27-12-19)18-7-8-26-11-18/h2-6,9-10,12,16,18,26H,7-8,11,13-15H2,1H3. The molecule has 1 unspecified atom stereocenters. The van der Waals surface area contributed by atoms with Gasteiger partial charge in [-0.2, -0.15) is 0 Å². The van der Waals surface area contributed by atoms with Gasteiger partial charge in [-0.25, -0.2) is 4.98 Å². The highest BCUT2D eigenvalue weighted by molar-refractivity contribution is 5.85. The second-order valence-electron chi connectivity index (χ2n) is 9.16. The minimum atomic E-state index is 0.124. The summed E-state index contributed by atoms with van der Waals surface area (Å²) in [6.45, 7) is 6.48. The molecule has 4 aromatic rings. The summed E-state index contributed by atoms with van der Waals surface area (Å²) >= 11 is 0. The van der Waals surface area contributed by atoms with E-state index in [0.717, 1.165) is 54.3 Å². The van der Waals surface area contributed by atoms with Crippen molar-refractivity contribution in [1.29, 1.82) is 0 Å². The first-order chi connectivity index (χ1) is 15.2. The number of hydrogen-bond acceptors (Lipinski definition) is 5. The molecule has 0 radical (unpaired) electrons. The quantitative estimate of drug-likeness (QED) is 0.534. The Labute approximate surface area is 181 Å². The number of para-hydroxylation sites is 1. The van der Waals surface area contributed by atoms with Gasteiger partial charge in [-0.3, -0.25) is 9.55 Å². The van der Waals surface area contributed by atoms with E-state index in [1.807, 2.05) is 24.7 Å². The van der Waals surface area contributed by atoms with Gasteiger partial charge in [0.15, 0.2) is 0 Å². The van der Waals surface area contributed by atoms with Gasteiger partial charge in [-0.15, -0.1) is 0 Å². The van der Waals surface area contributed by atoms with Crippen LogP contribution in [0.5, 0.6) is 5.75 Å². The van der Waals surface area contributed by atoms with Crippen LogP contribution in [0, 0.1) is 5.41 Å². The Hall–Kier alpha value is -2.96. The van der Waals surface area contributed by atoms with Gasteiger partial charge in [0, 0.05) is 23.4 Å². The fraction of sp³-hybridized carbons (Fsp3) is 0.360. The fourth-order valence-corrected chi connectivity index (χ4v) is 4.63. The number of aromatic nitrogens is 3. The molecular weight excluding hydrogens is 388 g/mol. The molecule has 6 heteroatoms. The molecule has 0 spiro atoms. The molecule has 6 nitrogen and oxygen atoms in total. The topological polar surface area (TPSA) is 61.2 Å². The third-order valence-electron chi connectivity index (χ3n) is 6.51. The van der Waals surface area contributed by atoms with Crippen molar-refractivity contribution in [3.63, 3.8) is 0 Å². The van der Waals surface area contributed by atoms with E-state index in [9.17, 15) is 0 Å². The zero-order chi connectivity index (χ0) is 20.8. The van der Waals surface area contributed by atoms with Crippen molar-refractivity contribution >= 4 is 21.9 Å². The number of nitrogens with one attached hydrogen (secondary N) is 1. The van der Waals surface area contributed by atoms with Crippen molar-refractivity contribution in [2.45, 2.75) is 19.3 Å². The summed E-state index contributed by atoms with van der Waals surface area (Å²) in [5, 5.41) is 4.63. The summed E-state index contributed by atoms with van der Waals surface area (Å²) in [7, 11) is 0. The average molecular weight is 415 g/mol. The lowest BCUT2D eigenvalue weighted by Gasteiger charge is -2.37. The van der Waals surface area contributed by atoms with Crippen molar-refractivity contribution in [1.82, 2.24) is 19.9 Å². The van der Waals surface area contributed by atoms with Crippen LogP contribution in [0.15, 0.2) is 55.0 Å². The molecule has 0 saturated carbocycles. The maximum Gasteiger partial charge on any atom is 0.121 e. The van der Waals surface area contributed by atoms with Crippen molar-refractivity contribution < 1.29 is 9.47 Å². The Kier molecular flexibility index (Phi) is 4.44. The zero-order valence-corrected chi connectivity index (χ0v) is 17.7. The van der Waals surface area contributed by atoms with E-state index in [2.05, 4.69) is 52.1 Å². The molecule has 0 bridgehead atoms. The monoisotopic (exact) mass is 414 g/mol. The maximum atomic E-state index is 6.01. The van der Waals surface area contributed by atoms with Gasteiger partial charge >= 0.3 is 0 Å². The normalized spacial score (nSPS) is 20.2. The third kappa shape index (κ3) is 3.36. The zero-order valence-electron chi connectivity index (χ0n) is 17.7. The van der Waals surface area contributed by atoms with Crippen molar-refractivity contribution in [2.24, 2.45) is 5.41 Å².